The van der Waals surface area contributed by atoms with Crippen LogP contribution in [0.3, 0.4) is 0 Å². The summed E-state index contributed by atoms with van der Waals surface area (Å²) in [6.07, 6.45) is 4.81. The van der Waals surface area contributed by atoms with Crippen molar-refractivity contribution in [2.45, 2.75) is 38.1 Å². The van der Waals surface area contributed by atoms with E-state index in [2.05, 4.69) is 34.5 Å². The molecule has 3 rings (SSSR count). The summed E-state index contributed by atoms with van der Waals surface area (Å²) < 4.78 is 5.51. The first kappa shape index (κ1) is 16.5. The lowest BCUT2D eigenvalue weighted by Gasteiger charge is -2.28. The van der Waals surface area contributed by atoms with E-state index >= 15 is 0 Å². The van der Waals surface area contributed by atoms with E-state index in [9.17, 15) is 4.79 Å². The fourth-order valence-electron chi connectivity index (χ4n) is 3.61. The number of hydrogen-bond acceptors (Lipinski definition) is 3. The molecule has 1 N–H and O–H groups in total. The molecule has 0 aliphatic carbocycles. The summed E-state index contributed by atoms with van der Waals surface area (Å²) in [5, 5.41) is 3.38. The van der Waals surface area contributed by atoms with E-state index in [-0.39, 0.29) is 6.04 Å². The Morgan fingerprint density at radius 1 is 1.26 bits per heavy atom. The molecule has 4 heteroatoms. The fraction of sp³-hybridized carbons (Fsp3) is 0.632. The predicted molar refractivity (Wildman–Crippen MR) is 91.3 cm³/mol. The number of ether oxygens (including phenoxy) is 1. The van der Waals surface area contributed by atoms with Gasteiger partial charge in [0.2, 0.25) is 5.91 Å². The van der Waals surface area contributed by atoms with Crippen LogP contribution >= 0.6 is 0 Å². The van der Waals surface area contributed by atoms with Crippen molar-refractivity contribution in [3.63, 3.8) is 0 Å². The molecular weight excluding hydrogens is 288 g/mol. The highest BCUT2D eigenvalue weighted by atomic mass is 16.5. The second kappa shape index (κ2) is 8.46. The maximum Gasteiger partial charge on any atom is 0.222 e. The lowest BCUT2D eigenvalue weighted by Crippen LogP contribution is -2.42. The lowest BCUT2D eigenvalue weighted by molar-refractivity contribution is -0.133. The maximum absolute atomic E-state index is 12.8. The van der Waals surface area contributed by atoms with Gasteiger partial charge in [-0.05, 0) is 50.3 Å². The van der Waals surface area contributed by atoms with Gasteiger partial charge in [-0.2, -0.15) is 0 Å². The summed E-state index contributed by atoms with van der Waals surface area (Å²) in [4.78, 5) is 14.8. The third-order valence-corrected chi connectivity index (χ3v) is 5.08. The quantitative estimate of drug-likeness (QED) is 0.839. The Labute approximate surface area is 139 Å². The van der Waals surface area contributed by atoms with E-state index < -0.39 is 0 Å². The molecule has 1 amide bonds. The molecule has 2 atom stereocenters. The molecule has 23 heavy (non-hydrogen) atoms. The van der Waals surface area contributed by atoms with Crippen molar-refractivity contribution in [2.75, 3.05) is 32.8 Å². The average molecular weight is 316 g/mol. The first-order valence-electron chi connectivity index (χ1n) is 8.95. The molecule has 2 saturated heterocycles. The van der Waals surface area contributed by atoms with Crippen LogP contribution in [0, 0.1) is 5.92 Å². The molecule has 1 aromatic rings. The van der Waals surface area contributed by atoms with Gasteiger partial charge in [-0.3, -0.25) is 4.79 Å². The Bertz CT molecular complexity index is 479. The summed E-state index contributed by atoms with van der Waals surface area (Å²) in [5.41, 5.74) is 1.30. The summed E-state index contributed by atoms with van der Waals surface area (Å²) in [5.74, 6) is 0.984. The molecule has 2 aliphatic rings. The van der Waals surface area contributed by atoms with Crippen molar-refractivity contribution in [3.05, 3.63) is 35.9 Å². The van der Waals surface area contributed by atoms with E-state index in [1.54, 1.807) is 0 Å². The van der Waals surface area contributed by atoms with Gasteiger partial charge in [0, 0.05) is 19.6 Å². The van der Waals surface area contributed by atoms with Crippen LogP contribution in [0.2, 0.25) is 0 Å². The normalized spacial score (nSPS) is 24.0. The molecule has 2 fully saturated rings. The SMILES string of the molecule is O=C(CCC1CCNC1)N(CCc1ccccc1)C1CCOC1. The van der Waals surface area contributed by atoms with Gasteiger partial charge < -0.3 is 15.0 Å². The predicted octanol–water partition coefficient (Wildman–Crippen LogP) is 2.24. The smallest absolute Gasteiger partial charge is 0.222 e. The minimum Gasteiger partial charge on any atom is -0.379 e. The molecule has 0 saturated carbocycles. The molecular formula is C19H28N2O2. The second-order valence-electron chi connectivity index (χ2n) is 6.74. The van der Waals surface area contributed by atoms with E-state index in [1.165, 1.54) is 12.0 Å². The van der Waals surface area contributed by atoms with Crippen molar-refractivity contribution in [1.82, 2.24) is 10.2 Å². The number of carbonyl (C=O) groups is 1. The van der Waals surface area contributed by atoms with Gasteiger partial charge in [-0.1, -0.05) is 30.3 Å². The van der Waals surface area contributed by atoms with Crippen LogP contribution in [-0.2, 0) is 16.0 Å². The van der Waals surface area contributed by atoms with Crippen LogP contribution in [0.4, 0.5) is 0 Å². The number of amides is 1. The van der Waals surface area contributed by atoms with Crippen LogP contribution in [0.1, 0.15) is 31.2 Å². The van der Waals surface area contributed by atoms with Gasteiger partial charge in [0.15, 0.2) is 0 Å². The zero-order chi connectivity index (χ0) is 15.9. The molecule has 0 spiro atoms. The minimum absolute atomic E-state index is 0.271. The fourth-order valence-corrected chi connectivity index (χ4v) is 3.61. The molecule has 2 heterocycles. The number of carbonyl (C=O) groups excluding carboxylic acids is 1. The Morgan fingerprint density at radius 3 is 2.83 bits per heavy atom. The van der Waals surface area contributed by atoms with Crippen molar-refractivity contribution in [2.24, 2.45) is 5.92 Å². The summed E-state index contributed by atoms with van der Waals surface area (Å²) in [7, 11) is 0. The topological polar surface area (TPSA) is 41.6 Å². The standard InChI is InChI=1S/C19H28N2O2/c22-19(7-6-17-8-11-20-14-17)21(18-10-13-23-15-18)12-9-16-4-2-1-3-5-16/h1-5,17-18,20H,6-15H2. The first-order chi connectivity index (χ1) is 11.3. The van der Waals surface area contributed by atoms with Crippen LogP contribution in [0.15, 0.2) is 30.3 Å². The molecule has 126 valence electrons. The van der Waals surface area contributed by atoms with Gasteiger partial charge in [-0.25, -0.2) is 0 Å². The van der Waals surface area contributed by atoms with Crippen LogP contribution in [-0.4, -0.2) is 49.7 Å². The highest BCUT2D eigenvalue weighted by Crippen LogP contribution is 2.19. The van der Waals surface area contributed by atoms with Crippen LogP contribution in [0.25, 0.3) is 0 Å². The molecule has 2 unspecified atom stereocenters. The minimum atomic E-state index is 0.271. The van der Waals surface area contributed by atoms with Crippen LogP contribution < -0.4 is 5.32 Å². The van der Waals surface area contributed by atoms with E-state index in [1.807, 2.05) is 6.07 Å². The Balaban J connectivity index is 1.54. The molecule has 0 aromatic heterocycles. The van der Waals surface area contributed by atoms with Gasteiger partial charge in [0.1, 0.15) is 0 Å². The molecule has 0 radical (unpaired) electrons. The lowest BCUT2D eigenvalue weighted by atomic mass is 10.0. The number of nitrogens with one attached hydrogen (secondary N) is 1. The highest BCUT2D eigenvalue weighted by molar-refractivity contribution is 5.76. The summed E-state index contributed by atoms with van der Waals surface area (Å²) in [6, 6.07) is 10.7. The molecule has 2 aliphatic heterocycles. The van der Waals surface area contributed by atoms with Crippen molar-refractivity contribution >= 4 is 5.91 Å². The van der Waals surface area contributed by atoms with Gasteiger partial charge in [0.05, 0.1) is 12.6 Å². The Morgan fingerprint density at radius 2 is 2.13 bits per heavy atom. The first-order valence-corrected chi connectivity index (χ1v) is 8.95. The average Bonchev–Trinajstić information content (AvgIpc) is 3.28. The number of nitrogens with zero attached hydrogens (tertiary/aromatic N) is 1. The number of rotatable bonds is 7. The van der Waals surface area contributed by atoms with Crippen molar-refractivity contribution in [3.8, 4) is 0 Å². The monoisotopic (exact) mass is 316 g/mol. The summed E-state index contributed by atoms with van der Waals surface area (Å²) in [6.45, 7) is 4.47. The molecule has 1 aromatic carbocycles. The van der Waals surface area contributed by atoms with Gasteiger partial charge in [0.25, 0.3) is 0 Å². The Kier molecular flexibility index (Phi) is 6.06. The summed E-state index contributed by atoms with van der Waals surface area (Å²) >= 11 is 0. The zero-order valence-electron chi connectivity index (χ0n) is 13.9. The highest BCUT2D eigenvalue weighted by Gasteiger charge is 2.27. The maximum atomic E-state index is 12.8. The number of benzene rings is 1. The zero-order valence-corrected chi connectivity index (χ0v) is 13.9. The molecule has 0 bridgehead atoms. The third-order valence-electron chi connectivity index (χ3n) is 5.08. The molecule has 4 nitrogen and oxygen atoms in total. The third kappa shape index (κ3) is 4.79. The van der Waals surface area contributed by atoms with Crippen molar-refractivity contribution < 1.29 is 9.53 Å². The van der Waals surface area contributed by atoms with E-state index in [0.717, 1.165) is 45.5 Å². The second-order valence-corrected chi connectivity index (χ2v) is 6.74. The van der Waals surface area contributed by atoms with Gasteiger partial charge in [-0.15, -0.1) is 0 Å². The van der Waals surface area contributed by atoms with E-state index in [4.69, 9.17) is 4.74 Å². The van der Waals surface area contributed by atoms with Gasteiger partial charge >= 0.3 is 0 Å². The van der Waals surface area contributed by atoms with E-state index in [0.29, 0.717) is 24.9 Å². The van der Waals surface area contributed by atoms with Crippen molar-refractivity contribution in [1.29, 1.82) is 0 Å². The number of hydrogen-bond donors (Lipinski definition) is 1. The van der Waals surface area contributed by atoms with Crippen LogP contribution in [0.5, 0.6) is 0 Å². The largest absolute Gasteiger partial charge is 0.379 e. The Hall–Kier alpha value is -1.39.